The Morgan fingerprint density at radius 2 is 1.83 bits per heavy atom. The lowest BCUT2D eigenvalue weighted by Crippen LogP contribution is -2.21. The van der Waals surface area contributed by atoms with Gasteiger partial charge in [-0.2, -0.15) is 9.98 Å². The van der Waals surface area contributed by atoms with Gasteiger partial charge in [0.15, 0.2) is 0 Å². The molecule has 0 aliphatic carbocycles. The first kappa shape index (κ1) is 7.61. The van der Waals surface area contributed by atoms with Crippen LogP contribution in [0.3, 0.4) is 0 Å². The number of urea groups is 1. The molecule has 1 heterocycles. The molecule has 4 heteroatoms. The van der Waals surface area contributed by atoms with E-state index in [1.807, 2.05) is 13.0 Å². The fraction of sp³-hybridized carbons (Fsp3) is 0.125. The molecule has 2 rings (SSSR count). The average Bonchev–Trinajstić information content (AvgIpc) is 2.30. The first-order valence-electron chi connectivity index (χ1n) is 3.44. The summed E-state index contributed by atoms with van der Waals surface area (Å²) in [6.45, 7) is 1.95. The molecule has 0 unspecified atom stereocenters. The minimum absolute atomic E-state index is 0.414. The number of rotatable bonds is 0. The maximum atomic E-state index is 10.8. The zero-order valence-electron chi connectivity index (χ0n) is 6.34. The highest BCUT2D eigenvalue weighted by molar-refractivity contribution is 9.10. The van der Waals surface area contributed by atoms with Gasteiger partial charge in [-0.15, -0.1) is 0 Å². The molecule has 12 heavy (non-hydrogen) atoms. The molecule has 0 radical (unpaired) electrons. The molecule has 1 aliphatic rings. The van der Waals surface area contributed by atoms with Crippen molar-refractivity contribution in [1.82, 2.24) is 0 Å². The smallest absolute Gasteiger partial charge is 0.244 e. The van der Waals surface area contributed by atoms with Crippen LogP contribution in [0, 0.1) is 6.92 Å². The fourth-order valence-electron chi connectivity index (χ4n) is 1.07. The number of amides is 2. The second kappa shape index (κ2) is 2.48. The largest absolute Gasteiger partial charge is 0.368 e. The molecule has 1 aromatic rings. The molecule has 0 N–H and O–H groups in total. The highest BCUT2D eigenvalue weighted by atomic mass is 79.9. The van der Waals surface area contributed by atoms with E-state index in [0.29, 0.717) is 10.7 Å². The molecule has 1 aromatic carbocycles. The molecule has 0 spiro atoms. The number of nitrogens with zero attached hydrogens (tertiary/aromatic N) is 2. The maximum absolute atomic E-state index is 10.8. The van der Waals surface area contributed by atoms with Crippen molar-refractivity contribution >= 4 is 22.0 Å². The third-order valence-electron chi connectivity index (χ3n) is 1.69. The summed E-state index contributed by atoms with van der Waals surface area (Å²) >= 11 is 3.36. The zero-order chi connectivity index (χ0) is 8.72. The second-order valence-electron chi connectivity index (χ2n) is 2.60. The van der Waals surface area contributed by atoms with Gasteiger partial charge in [-0.25, -0.2) is 4.79 Å². The lowest BCUT2D eigenvalue weighted by atomic mass is 10.2. The minimum Gasteiger partial charge on any atom is -0.244 e. The molecular formula is C8H5BrN2O. The zero-order valence-corrected chi connectivity index (χ0v) is 7.92. The number of hydrogen-bond acceptors (Lipinski definition) is 1. The second-order valence-corrected chi connectivity index (χ2v) is 3.45. The fourth-order valence-corrected chi connectivity index (χ4v) is 1.40. The van der Waals surface area contributed by atoms with Crippen LogP contribution < -0.4 is 10.7 Å². The Bertz CT molecular complexity index is 436. The Balaban J connectivity index is 2.89. The summed E-state index contributed by atoms with van der Waals surface area (Å²) < 4.78 is 0.954. The molecular weight excluding hydrogens is 220 g/mol. The van der Waals surface area contributed by atoms with Gasteiger partial charge >= 0.3 is 6.03 Å². The Labute approximate surface area is 77.0 Å². The summed E-state index contributed by atoms with van der Waals surface area (Å²) in [5.41, 5.74) is 1.06. The van der Waals surface area contributed by atoms with Crippen molar-refractivity contribution in [3.63, 3.8) is 0 Å². The van der Waals surface area contributed by atoms with Crippen LogP contribution in [0.15, 0.2) is 26.6 Å². The Kier molecular flexibility index (Phi) is 1.58. The van der Waals surface area contributed by atoms with E-state index in [1.165, 1.54) is 0 Å². The summed E-state index contributed by atoms with van der Waals surface area (Å²) in [6, 6.07) is 3.23. The Morgan fingerprint density at radius 1 is 1.25 bits per heavy atom. The first-order chi connectivity index (χ1) is 5.66. The molecule has 0 atom stereocenters. The van der Waals surface area contributed by atoms with Crippen LogP contribution in [0.2, 0.25) is 0 Å². The third-order valence-corrected chi connectivity index (χ3v) is 2.54. The summed E-state index contributed by atoms with van der Waals surface area (Å²) in [6.07, 6.45) is 0. The van der Waals surface area contributed by atoms with Gasteiger partial charge in [0.05, 0.1) is 10.7 Å². The molecule has 3 nitrogen and oxygen atoms in total. The quantitative estimate of drug-likeness (QED) is 0.652. The van der Waals surface area contributed by atoms with Gasteiger partial charge in [0, 0.05) is 4.47 Å². The predicted octanol–water partition coefficient (Wildman–Crippen LogP) is 1.13. The van der Waals surface area contributed by atoms with E-state index in [0.717, 1.165) is 10.0 Å². The van der Waals surface area contributed by atoms with Crippen LogP contribution in [0.4, 0.5) is 4.79 Å². The summed E-state index contributed by atoms with van der Waals surface area (Å²) in [4.78, 5) is 18.2. The molecule has 1 aliphatic heterocycles. The van der Waals surface area contributed by atoms with Crippen LogP contribution in [-0.2, 0) is 0 Å². The number of aryl methyl sites for hydroxylation is 1. The number of fused-ring (bicyclic) bond motifs is 1. The van der Waals surface area contributed by atoms with Gasteiger partial charge in [-0.3, -0.25) is 0 Å². The van der Waals surface area contributed by atoms with Gasteiger partial charge < -0.3 is 0 Å². The van der Waals surface area contributed by atoms with Crippen molar-refractivity contribution in [3.05, 3.63) is 32.9 Å². The van der Waals surface area contributed by atoms with E-state index in [2.05, 4.69) is 25.9 Å². The highest BCUT2D eigenvalue weighted by Gasteiger charge is 2.05. The van der Waals surface area contributed by atoms with E-state index >= 15 is 0 Å². The molecule has 0 aromatic heterocycles. The first-order valence-corrected chi connectivity index (χ1v) is 4.24. The van der Waals surface area contributed by atoms with Crippen LogP contribution in [0.1, 0.15) is 5.56 Å². The van der Waals surface area contributed by atoms with Gasteiger partial charge in [0.2, 0.25) is 0 Å². The lowest BCUT2D eigenvalue weighted by molar-refractivity contribution is 0.256. The van der Waals surface area contributed by atoms with Crippen LogP contribution in [0.5, 0.6) is 0 Å². The van der Waals surface area contributed by atoms with Crippen molar-refractivity contribution in [3.8, 4) is 0 Å². The molecule has 0 saturated heterocycles. The van der Waals surface area contributed by atoms with Crippen molar-refractivity contribution in [2.75, 3.05) is 0 Å². The van der Waals surface area contributed by atoms with Crippen molar-refractivity contribution in [2.24, 2.45) is 9.98 Å². The highest BCUT2D eigenvalue weighted by Crippen LogP contribution is 2.10. The summed E-state index contributed by atoms with van der Waals surface area (Å²) in [5.74, 6) is 0. The monoisotopic (exact) mass is 224 g/mol. The topological polar surface area (TPSA) is 41.8 Å². The molecule has 0 bridgehead atoms. The van der Waals surface area contributed by atoms with E-state index in [1.54, 1.807) is 6.07 Å². The summed E-state index contributed by atoms with van der Waals surface area (Å²) in [7, 11) is 0. The molecule has 2 amide bonds. The van der Waals surface area contributed by atoms with Crippen LogP contribution in [0.25, 0.3) is 0 Å². The number of benzene rings is 1. The SMILES string of the molecule is Cc1cc2c(cc1Br)=NC(=O)N=2. The number of hydrogen-bond donors (Lipinski definition) is 0. The molecule has 0 saturated carbocycles. The van der Waals surface area contributed by atoms with Gasteiger partial charge in [-0.1, -0.05) is 15.9 Å². The van der Waals surface area contributed by atoms with Crippen LogP contribution in [-0.4, -0.2) is 6.03 Å². The lowest BCUT2D eigenvalue weighted by Gasteiger charge is -1.92. The predicted molar refractivity (Wildman–Crippen MR) is 46.6 cm³/mol. The number of halogens is 1. The van der Waals surface area contributed by atoms with E-state index in [4.69, 9.17) is 0 Å². The molecule has 0 fully saturated rings. The molecule has 60 valence electrons. The van der Waals surface area contributed by atoms with Crippen LogP contribution >= 0.6 is 15.9 Å². The average molecular weight is 225 g/mol. The normalized spacial score (nSPS) is 13.7. The van der Waals surface area contributed by atoms with Crippen molar-refractivity contribution in [2.45, 2.75) is 6.92 Å². The van der Waals surface area contributed by atoms with Crippen molar-refractivity contribution in [1.29, 1.82) is 0 Å². The third kappa shape index (κ3) is 1.08. The Hall–Kier alpha value is -1.03. The standard InChI is InChI=1S/C8H5BrN2O/c1-4-2-6-7(3-5(4)9)11-8(12)10-6/h2-3H,1H3. The van der Waals surface area contributed by atoms with Gasteiger partial charge in [0.1, 0.15) is 0 Å². The van der Waals surface area contributed by atoms with Gasteiger partial charge in [-0.05, 0) is 24.6 Å². The minimum atomic E-state index is -0.414. The van der Waals surface area contributed by atoms with Crippen molar-refractivity contribution < 1.29 is 4.79 Å². The maximum Gasteiger partial charge on any atom is 0.368 e. The van der Waals surface area contributed by atoms with Gasteiger partial charge in [0.25, 0.3) is 0 Å². The van der Waals surface area contributed by atoms with E-state index in [9.17, 15) is 4.79 Å². The van der Waals surface area contributed by atoms with E-state index in [-0.39, 0.29) is 0 Å². The Morgan fingerprint density at radius 3 is 2.50 bits per heavy atom. The summed E-state index contributed by atoms with van der Waals surface area (Å²) in [5, 5.41) is 1.32. The van der Waals surface area contributed by atoms with E-state index < -0.39 is 6.03 Å². The number of carbonyl (C=O) groups excluding carboxylic acids is 1. The number of carbonyl (C=O) groups is 1.